The molecule has 0 radical (unpaired) electrons. The second-order valence-corrected chi connectivity index (χ2v) is 7.00. The fourth-order valence-corrected chi connectivity index (χ4v) is 3.07. The van der Waals surface area contributed by atoms with Gasteiger partial charge in [-0.15, -0.1) is 0 Å². The maximum Gasteiger partial charge on any atom is 0.251 e. The number of rotatable bonds is 7. The van der Waals surface area contributed by atoms with E-state index >= 15 is 0 Å². The van der Waals surface area contributed by atoms with Crippen LogP contribution in [0.15, 0.2) is 36.7 Å². The van der Waals surface area contributed by atoms with E-state index in [2.05, 4.69) is 27.2 Å². The third kappa shape index (κ3) is 4.63. The second kappa shape index (κ2) is 8.78. The molecule has 3 rings (SSSR count). The van der Waals surface area contributed by atoms with Crippen molar-refractivity contribution < 1.29 is 4.79 Å². The van der Waals surface area contributed by atoms with Crippen molar-refractivity contribution in [3.63, 3.8) is 0 Å². The Morgan fingerprint density at radius 3 is 2.50 bits per heavy atom. The lowest BCUT2D eigenvalue weighted by molar-refractivity contribution is 0.0952. The Morgan fingerprint density at radius 1 is 1.11 bits per heavy atom. The molecule has 0 aliphatic heterocycles. The van der Waals surface area contributed by atoms with Crippen molar-refractivity contribution in [3.05, 3.63) is 65.1 Å². The average molecular weight is 377 g/mol. The van der Waals surface area contributed by atoms with Crippen LogP contribution in [0.3, 0.4) is 0 Å². The van der Waals surface area contributed by atoms with Crippen LogP contribution in [0.4, 0.5) is 0 Å². The van der Waals surface area contributed by atoms with E-state index < -0.39 is 0 Å². The van der Waals surface area contributed by atoms with Crippen LogP contribution in [0.2, 0.25) is 0 Å². The summed E-state index contributed by atoms with van der Waals surface area (Å²) in [7, 11) is 0. The zero-order valence-corrected chi connectivity index (χ0v) is 17.0. The summed E-state index contributed by atoms with van der Waals surface area (Å²) >= 11 is 0. The number of nitrogens with one attached hydrogen (secondary N) is 1. The number of carbonyl (C=O) groups excluding carboxylic acids is 1. The maximum absolute atomic E-state index is 12.4. The molecule has 1 amide bonds. The number of amides is 1. The van der Waals surface area contributed by atoms with Gasteiger partial charge in [0.25, 0.3) is 5.91 Å². The molecule has 1 N–H and O–H groups in total. The summed E-state index contributed by atoms with van der Waals surface area (Å²) in [5.41, 5.74) is 5.63. The van der Waals surface area contributed by atoms with Gasteiger partial charge in [-0.1, -0.05) is 19.1 Å². The summed E-state index contributed by atoms with van der Waals surface area (Å²) in [5.74, 6) is 0.788. The highest BCUT2D eigenvalue weighted by molar-refractivity contribution is 5.94. The molecule has 3 aromatic rings. The van der Waals surface area contributed by atoms with E-state index in [0.29, 0.717) is 18.7 Å². The quantitative estimate of drug-likeness (QED) is 0.682. The summed E-state index contributed by atoms with van der Waals surface area (Å²) in [6, 6.07) is 9.54. The van der Waals surface area contributed by atoms with Gasteiger partial charge in [-0.05, 0) is 45.4 Å². The van der Waals surface area contributed by atoms with Crippen LogP contribution in [0.25, 0.3) is 11.3 Å². The molecule has 0 aliphatic rings. The number of hydrogen-bond acceptors (Lipinski definition) is 4. The molecule has 0 atom stereocenters. The molecule has 2 aromatic heterocycles. The normalized spacial score (nSPS) is 10.9. The molecule has 6 heteroatoms. The minimum absolute atomic E-state index is 0.0772. The summed E-state index contributed by atoms with van der Waals surface area (Å²) < 4.78 is 2.05. The Balaban J connectivity index is 1.63. The first-order valence-corrected chi connectivity index (χ1v) is 9.69. The van der Waals surface area contributed by atoms with Crippen LogP contribution in [0.1, 0.15) is 46.6 Å². The molecule has 1 aromatic carbocycles. The van der Waals surface area contributed by atoms with Gasteiger partial charge in [0.05, 0.1) is 17.7 Å². The summed E-state index contributed by atoms with van der Waals surface area (Å²) in [6.45, 7) is 9.38. The molecule has 28 heavy (non-hydrogen) atoms. The molecule has 0 unspecified atom stereocenters. The molecule has 0 aliphatic carbocycles. The van der Waals surface area contributed by atoms with E-state index in [4.69, 9.17) is 0 Å². The molecule has 0 saturated carbocycles. The van der Waals surface area contributed by atoms with Gasteiger partial charge in [0.2, 0.25) is 0 Å². The lowest BCUT2D eigenvalue weighted by atomic mass is 10.1. The number of aryl methyl sites for hydroxylation is 3. The van der Waals surface area contributed by atoms with Gasteiger partial charge in [0.1, 0.15) is 5.82 Å². The lowest BCUT2D eigenvalue weighted by Crippen LogP contribution is -2.27. The lowest BCUT2D eigenvalue weighted by Gasteiger charge is -2.09. The number of nitrogens with zero attached hydrogens (tertiary/aromatic N) is 4. The summed E-state index contributed by atoms with van der Waals surface area (Å²) in [5, 5.41) is 2.96. The predicted molar refractivity (Wildman–Crippen MR) is 110 cm³/mol. The van der Waals surface area contributed by atoms with Gasteiger partial charge in [0, 0.05) is 42.0 Å². The van der Waals surface area contributed by atoms with Crippen LogP contribution in [-0.2, 0) is 13.0 Å². The van der Waals surface area contributed by atoms with Gasteiger partial charge in [-0.2, -0.15) is 0 Å². The maximum atomic E-state index is 12.4. The van der Waals surface area contributed by atoms with E-state index in [1.54, 1.807) is 0 Å². The predicted octanol–water partition coefficient (Wildman–Crippen LogP) is 3.65. The number of benzene rings is 1. The monoisotopic (exact) mass is 377 g/mol. The summed E-state index contributed by atoms with van der Waals surface area (Å²) in [6.07, 6.45) is 3.69. The summed E-state index contributed by atoms with van der Waals surface area (Å²) in [4.78, 5) is 25.8. The SMILES string of the molecule is CCCc1nc(C)cc(-c2ccc(C(=O)NCCn3cnc(C)c3C)cc2)n1. The molecular formula is C22H27N5O. The first-order chi connectivity index (χ1) is 13.5. The molecule has 2 heterocycles. The molecule has 0 bridgehead atoms. The highest BCUT2D eigenvalue weighted by Gasteiger charge is 2.09. The van der Waals surface area contributed by atoms with Crippen molar-refractivity contribution in [1.82, 2.24) is 24.8 Å². The fourth-order valence-electron chi connectivity index (χ4n) is 3.07. The van der Waals surface area contributed by atoms with Crippen LogP contribution >= 0.6 is 0 Å². The van der Waals surface area contributed by atoms with E-state index in [0.717, 1.165) is 47.0 Å². The van der Waals surface area contributed by atoms with Gasteiger partial charge >= 0.3 is 0 Å². The Bertz CT molecular complexity index is 960. The van der Waals surface area contributed by atoms with Gasteiger partial charge in [0.15, 0.2) is 0 Å². The van der Waals surface area contributed by atoms with Crippen molar-refractivity contribution in [3.8, 4) is 11.3 Å². The number of hydrogen-bond donors (Lipinski definition) is 1. The van der Waals surface area contributed by atoms with Crippen LogP contribution in [0, 0.1) is 20.8 Å². The third-order valence-electron chi connectivity index (χ3n) is 4.80. The molecule has 146 valence electrons. The largest absolute Gasteiger partial charge is 0.350 e. The molecule has 0 spiro atoms. The number of aromatic nitrogens is 4. The van der Waals surface area contributed by atoms with E-state index in [1.807, 2.05) is 62.0 Å². The Labute approximate surface area is 166 Å². The van der Waals surface area contributed by atoms with Crippen molar-refractivity contribution in [2.24, 2.45) is 0 Å². The zero-order chi connectivity index (χ0) is 20.1. The highest BCUT2D eigenvalue weighted by atomic mass is 16.1. The zero-order valence-electron chi connectivity index (χ0n) is 17.0. The smallest absolute Gasteiger partial charge is 0.251 e. The van der Waals surface area contributed by atoms with Gasteiger partial charge in [-0.25, -0.2) is 15.0 Å². The topological polar surface area (TPSA) is 72.7 Å². The standard InChI is InChI=1S/C22H27N5O/c1-5-6-21-25-15(2)13-20(26-21)18-7-9-19(10-8-18)22(28)23-11-12-27-14-24-16(3)17(27)4/h7-10,13-14H,5-6,11-12H2,1-4H3,(H,23,28). The van der Waals surface area contributed by atoms with E-state index in [1.165, 1.54) is 0 Å². The first kappa shape index (κ1) is 19.7. The molecule has 0 saturated heterocycles. The van der Waals surface area contributed by atoms with Crippen molar-refractivity contribution in [2.75, 3.05) is 6.54 Å². The Kier molecular flexibility index (Phi) is 6.19. The average Bonchev–Trinajstić information content (AvgIpc) is 3.00. The molecule has 6 nitrogen and oxygen atoms in total. The molecular weight excluding hydrogens is 350 g/mol. The van der Waals surface area contributed by atoms with Crippen molar-refractivity contribution in [1.29, 1.82) is 0 Å². The Hall–Kier alpha value is -3.02. The third-order valence-corrected chi connectivity index (χ3v) is 4.80. The van der Waals surface area contributed by atoms with E-state index in [-0.39, 0.29) is 5.91 Å². The number of imidazole rings is 1. The van der Waals surface area contributed by atoms with Crippen LogP contribution in [0.5, 0.6) is 0 Å². The Morgan fingerprint density at radius 2 is 1.86 bits per heavy atom. The van der Waals surface area contributed by atoms with Crippen LogP contribution in [-0.4, -0.2) is 32.0 Å². The van der Waals surface area contributed by atoms with Crippen molar-refractivity contribution in [2.45, 2.75) is 47.1 Å². The highest BCUT2D eigenvalue weighted by Crippen LogP contribution is 2.19. The minimum Gasteiger partial charge on any atom is -0.350 e. The fraction of sp³-hybridized carbons (Fsp3) is 0.364. The van der Waals surface area contributed by atoms with Crippen molar-refractivity contribution >= 4 is 5.91 Å². The molecule has 0 fully saturated rings. The minimum atomic E-state index is -0.0772. The van der Waals surface area contributed by atoms with E-state index in [9.17, 15) is 4.79 Å². The van der Waals surface area contributed by atoms with Gasteiger partial charge < -0.3 is 9.88 Å². The van der Waals surface area contributed by atoms with Gasteiger partial charge in [-0.3, -0.25) is 4.79 Å². The first-order valence-electron chi connectivity index (χ1n) is 9.69. The number of carbonyl (C=O) groups is 1. The second-order valence-electron chi connectivity index (χ2n) is 7.00. The van der Waals surface area contributed by atoms with Crippen LogP contribution < -0.4 is 5.32 Å².